The second-order valence-electron chi connectivity index (χ2n) is 12.2. The minimum Gasteiger partial charge on any atom is -0.490 e. The average Bonchev–Trinajstić information content (AvgIpc) is 3.37. The number of rotatable bonds is 11. The fourth-order valence-corrected chi connectivity index (χ4v) is 7.71. The third-order valence-corrected chi connectivity index (χ3v) is 10.5. The van der Waals surface area contributed by atoms with E-state index in [1.807, 2.05) is 0 Å². The number of hydrogen-bond acceptors (Lipinski definition) is 6. The fourth-order valence-electron chi connectivity index (χ4n) is 6.84. The quantitative estimate of drug-likeness (QED) is 0.395. The predicted molar refractivity (Wildman–Crippen MR) is 164 cm³/mol. The number of benzene rings is 2. The number of fused-ring (bicyclic) bond motifs is 1. The lowest BCUT2D eigenvalue weighted by Gasteiger charge is -2.31. The topological polar surface area (TPSA) is 122 Å². The number of nitrogens with two attached hydrogens (primary N) is 1. The van der Waals surface area contributed by atoms with Gasteiger partial charge in [-0.25, -0.2) is 17.1 Å². The molecule has 0 bridgehead atoms. The molecule has 2 heterocycles. The van der Waals surface area contributed by atoms with E-state index in [4.69, 9.17) is 10.5 Å². The van der Waals surface area contributed by atoms with Crippen LogP contribution in [0.3, 0.4) is 0 Å². The van der Waals surface area contributed by atoms with Crippen LogP contribution in [0.4, 0.5) is 10.1 Å². The molecule has 43 heavy (non-hydrogen) atoms. The number of nitrogens with one attached hydrogen (secondary N) is 1. The number of anilines is 1. The van der Waals surface area contributed by atoms with Crippen molar-refractivity contribution in [3.05, 3.63) is 58.9 Å². The lowest BCUT2D eigenvalue weighted by atomic mass is 9.79. The lowest BCUT2D eigenvalue weighted by molar-refractivity contribution is -0.123. The van der Waals surface area contributed by atoms with E-state index in [0.29, 0.717) is 68.2 Å². The third-order valence-electron chi connectivity index (χ3n) is 9.16. The average molecular weight is 615 g/mol. The van der Waals surface area contributed by atoms with Crippen LogP contribution >= 0.6 is 0 Å². The molecule has 11 heteroatoms. The summed E-state index contributed by atoms with van der Waals surface area (Å²) in [6, 6.07) is 9.95. The van der Waals surface area contributed by atoms with Gasteiger partial charge in [0.05, 0.1) is 12.2 Å². The molecule has 1 saturated heterocycles. The van der Waals surface area contributed by atoms with Crippen LogP contribution in [0.1, 0.15) is 78.8 Å². The Morgan fingerprint density at radius 3 is 2.49 bits per heavy atom. The van der Waals surface area contributed by atoms with E-state index in [9.17, 15) is 22.4 Å². The van der Waals surface area contributed by atoms with Crippen molar-refractivity contribution in [3.63, 3.8) is 0 Å². The molecule has 0 radical (unpaired) electrons. The molecular weight excluding hydrogens is 571 g/mol. The maximum absolute atomic E-state index is 13.9. The number of ether oxygens (including phenoxy) is 1. The summed E-state index contributed by atoms with van der Waals surface area (Å²) in [6.07, 6.45) is 9.09. The number of sulfonamides is 1. The van der Waals surface area contributed by atoms with Crippen LogP contribution < -0.4 is 20.7 Å². The van der Waals surface area contributed by atoms with Crippen molar-refractivity contribution in [2.45, 2.75) is 69.8 Å². The highest BCUT2D eigenvalue weighted by Gasteiger charge is 2.31. The summed E-state index contributed by atoms with van der Waals surface area (Å²) in [5.74, 6) is -0.636. The summed E-state index contributed by atoms with van der Waals surface area (Å²) < 4.78 is 45.2. The zero-order chi connectivity index (χ0) is 30.6. The van der Waals surface area contributed by atoms with Gasteiger partial charge in [0.15, 0.2) is 0 Å². The van der Waals surface area contributed by atoms with Crippen LogP contribution in [0.15, 0.2) is 36.4 Å². The number of carbonyl (C=O) groups excluding carboxylic acids is 2. The summed E-state index contributed by atoms with van der Waals surface area (Å²) >= 11 is 0. The van der Waals surface area contributed by atoms with Crippen LogP contribution in [-0.4, -0.2) is 69.6 Å². The smallest absolute Gasteiger partial charge is 0.249 e. The van der Waals surface area contributed by atoms with Crippen LogP contribution in [0.5, 0.6) is 5.75 Å². The Hall–Kier alpha value is -3.18. The summed E-state index contributed by atoms with van der Waals surface area (Å²) in [6.45, 7) is 2.56. The maximum atomic E-state index is 13.9. The normalized spacial score (nSPS) is 19.2. The first-order valence-corrected chi connectivity index (χ1v) is 17.3. The van der Waals surface area contributed by atoms with Gasteiger partial charge in [0, 0.05) is 44.0 Å². The zero-order valence-electron chi connectivity index (χ0n) is 24.9. The largest absolute Gasteiger partial charge is 0.490 e. The summed E-state index contributed by atoms with van der Waals surface area (Å²) in [5.41, 5.74) is 8.67. The lowest BCUT2D eigenvalue weighted by Crippen LogP contribution is -2.41. The molecule has 2 fully saturated rings. The molecule has 234 valence electrons. The zero-order valence-corrected chi connectivity index (χ0v) is 25.7. The number of halogens is 1. The van der Waals surface area contributed by atoms with E-state index < -0.39 is 21.8 Å². The molecule has 0 spiro atoms. The minimum atomic E-state index is -3.24. The van der Waals surface area contributed by atoms with Crippen molar-refractivity contribution in [1.82, 2.24) is 9.62 Å². The molecule has 1 saturated carbocycles. The minimum absolute atomic E-state index is 0.148. The molecule has 0 aromatic heterocycles. The van der Waals surface area contributed by atoms with Crippen molar-refractivity contribution in [1.29, 1.82) is 0 Å². The molecule has 2 amide bonds. The Balaban J connectivity index is 1.31. The van der Waals surface area contributed by atoms with Gasteiger partial charge in [-0.2, -0.15) is 0 Å². The van der Waals surface area contributed by atoms with Gasteiger partial charge in [0.1, 0.15) is 17.7 Å². The molecule has 0 unspecified atom stereocenters. The number of amides is 2. The number of piperidine rings is 1. The maximum Gasteiger partial charge on any atom is 0.249 e. The molecule has 1 aliphatic carbocycles. The van der Waals surface area contributed by atoms with Crippen molar-refractivity contribution in [2.75, 3.05) is 43.9 Å². The number of nitrogens with zero attached hydrogens (tertiary/aromatic N) is 2. The summed E-state index contributed by atoms with van der Waals surface area (Å²) in [7, 11) is -3.24. The second-order valence-corrected chi connectivity index (χ2v) is 14.2. The van der Waals surface area contributed by atoms with Crippen molar-refractivity contribution < 1.29 is 27.1 Å². The van der Waals surface area contributed by atoms with Crippen molar-refractivity contribution in [2.24, 2.45) is 11.7 Å². The van der Waals surface area contributed by atoms with Crippen LogP contribution in [0.2, 0.25) is 0 Å². The van der Waals surface area contributed by atoms with Crippen LogP contribution in [0, 0.1) is 11.7 Å². The molecule has 3 aliphatic rings. The number of primary amides is 1. The number of hydrogen-bond donors (Lipinski definition) is 2. The second kappa shape index (κ2) is 13.6. The van der Waals surface area contributed by atoms with E-state index >= 15 is 0 Å². The van der Waals surface area contributed by atoms with Gasteiger partial charge in [0.2, 0.25) is 21.8 Å². The molecule has 3 N–H and O–H groups in total. The monoisotopic (exact) mass is 614 g/mol. The summed E-state index contributed by atoms with van der Waals surface area (Å²) in [4.78, 5) is 28.6. The SMILES string of the molecule is CS(=O)(=O)N1CCC(Oc2ccc(C(N)=O)c([C@H](CC3CCCCC3)C(=O)NCCN3CCc4cc(F)ccc43)c2)CC1. The van der Waals surface area contributed by atoms with E-state index in [1.54, 1.807) is 30.3 Å². The Morgan fingerprint density at radius 1 is 1.05 bits per heavy atom. The molecule has 2 aromatic carbocycles. The van der Waals surface area contributed by atoms with Gasteiger partial charge in [-0.15, -0.1) is 0 Å². The Kier molecular flexibility index (Phi) is 9.91. The number of carbonyl (C=O) groups is 2. The van der Waals surface area contributed by atoms with Crippen molar-refractivity contribution >= 4 is 27.5 Å². The first-order valence-electron chi connectivity index (χ1n) is 15.4. The highest BCUT2D eigenvalue weighted by Crippen LogP contribution is 2.36. The molecule has 2 aliphatic heterocycles. The Bertz CT molecular complexity index is 1420. The first-order chi connectivity index (χ1) is 20.6. The van der Waals surface area contributed by atoms with Crippen LogP contribution in [0.25, 0.3) is 0 Å². The summed E-state index contributed by atoms with van der Waals surface area (Å²) in [5, 5.41) is 3.12. The van der Waals surface area contributed by atoms with Gasteiger partial charge >= 0.3 is 0 Å². The van der Waals surface area contributed by atoms with Crippen molar-refractivity contribution in [3.8, 4) is 5.75 Å². The predicted octanol–water partition coefficient (Wildman–Crippen LogP) is 3.96. The molecule has 5 rings (SSSR count). The molecule has 1 atom stereocenters. The highest BCUT2D eigenvalue weighted by atomic mass is 32.2. The molecule has 2 aromatic rings. The fraction of sp³-hybridized carbons (Fsp3) is 0.562. The van der Waals surface area contributed by atoms with E-state index in [2.05, 4.69) is 10.2 Å². The third kappa shape index (κ3) is 7.86. The van der Waals surface area contributed by atoms with E-state index in [0.717, 1.165) is 49.9 Å². The molecular formula is C32H43FN4O5S. The van der Waals surface area contributed by atoms with Gasteiger partial charge in [-0.3, -0.25) is 9.59 Å². The van der Waals surface area contributed by atoms with E-state index in [1.165, 1.54) is 23.0 Å². The first kappa shape index (κ1) is 31.3. The van der Waals surface area contributed by atoms with Crippen LogP contribution in [-0.2, 0) is 21.2 Å². The van der Waals surface area contributed by atoms with Gasteiger partial charge < -0.3 is 20.7 Å². The Labute approximate surface area is 254 Å². The van der Waals surface area contributed by atoms with Gasteiger partial charge in [-0.05, 0) is 79.1 Å². The highest BCUT2D eigenvalue weighted by molar-refractivity contribution is 7.88. The van der Waals surface area contributed by atoms with Gasteiger partial charge in [0.25, 0.3) is 0 Å². The Morgan fingerprint density at radius 2 is 1.79 bits per heavy atom. The van der Waals surface area contributed by atoms with E-state index in [-0.39, 0.29) is 17.8 Å². The standard InChI is InChI=1S/C32H43FN4O5S/c1-43(40,41)37-16-12-25(13-17-37)42-26-8-9-27(31(34)38)28(21-26)29(19-22-5-3-2-4-6-22)32(39)35-14-18-36-15-11-23-20-24(33)7-10-30(23)36/h7-10,20-22,25,29H,2-6,11-19H2,1H3,(H2,34,38)(H,35,39)/t29-/m0/s1. The molecule has 9 nitrogen and oxygen atoms in total. The van der Waals surface area contributed by atoms with Gasteiger partial charge in [-0.1, -0.05) is 32.1 Å².